The Morgan fingerprint density at radius 2 is 1.85 bits per heavy atom. The van der Waals surface area contributed by atoms with Crippen LogP contribution >= 0.6 is 0 Å². The summed E-state index contributed by atoms with van der Waals surface area (Å²) < 4.78 is 10.9. The molecule has 3 aromatic rings. The van der Waals surface area contributed by atoms with Gasteiger partial charge in [-0.05, 0) is 48.5 Å². The smallest absolute Gasteiger partial charge is 0.327 e. The second-order valence-corrected chi connectivity index (χ2v) is 6.04. The summed E-state index contributed by atoms with van der Waals surface area (Å²) in [4.78, 5) is 19.1. The van der Waals surface area contributed by atoms with E-state index in [0.717, 1.165) is 22.7 Å². The van der Waals surface area contributed by atoms with E-state index in [1.165, 1.54) is 0 Å². The van der Waals surface area contributed by atoms with Gasteiger partial charge in [-0.15, -0.1) is 0 Å². The number of anilines is 2. The number of methoxy groups -OCH3 is 1. The van der Waals surface area contributed by atoms with E-state index in [-0.39, 0.29) is 6.03 Å². The van der Waals surface area contributed by atoms with Crippen LogP contribution in [0.3, 0.4) is 0 Å². The zero-order valence-corrected chi connectivity index (χ0v) is 14.9. The number of carbonyl (C=O) groups excluding carboxylic acids is 1. The molecule has 1 N–H and O–H groups in total. The number of nitrogens with zero attached hydrogens (tertiary/aromatic N) is 2. The zero-order valence-electron chi connectivity index (χ0n) is 14.9. The average Bonchev–Trinajstić information content (AvgIpc) is 2.73. The van der Waals surface area contributed by atoms with E-state index in [1.807, 2.05) is 66.7 Å². The molecule has 4 rings (SSSR count). The lowest BCUT2D eigenvalue weighted by molar-refractivity contribution is 0.249. The first-order valence-electron chi connectivity index (χ1n) is 8.66. The Balaban J connectivity index is 1.63. The highest BCUT2D eigenvalue weighted by Crippen LogP contribution is 2.33. The van der Waals surface area contributed by atoms with Crippen molar-refractivity contribution in [3.63, 3.8) is 0 Å². The third-order valence-electron chi connectivity index (χ3n) is 4.32. The maximum Gasteiger partial charge on any atom is 0.327 e. The van der Waals surface area contributed by atoms with Gasteiger partial charge in [0.15, 0.2) is 11.6 Å². The fourth-order valence-electron chi connectivity index (χ4n) is 2.93. The van der Waals surface area contributed by atoms with Crippen LogP contribution in [0, 0.1) is 0 Å². The highest BCUT2D eigenvalue weighted by molar-refractivity contribution is 6.02. The van der Waals surface area contributed by atoms with Gasteiger partial charge in [0.2, 0.25) is 0 Å². The van der Waals surface area contributed by atoms with Gasteiger partial charge < -0.3 is 14.8 Å². The lowest BCUT2D eigenvalue weighted by atomic mass is 10.1. The van der Waals surface area contributed by atoms with Gasteiger partial charge in [0.05, 0.1) is 19.3 Å². The predicted octanol–water partition coefficient (Wildman–Crippen LogP) is 4.19. The minimum absolute atomic E-state index is 0.231. The minimum atomic E-state index is -0.231. The molecule has 2 heterocycles. The van der Waals surface area contributed by atoms with E-state index >= 15 is 0 Å². The summed E-state index contributed by atoms with van der Waals surface area (Å²) >= 11 is 0. The van der Waals surface area contributed by atoms with Gasteiger partial charge in [0.1, 0.15) is 12.4 Å². The topological polar surface area (TPSA) is 63.7 Å². The number of ether oxygens (including phenoxy) is 2. The molecule has 0 spiro atoms. The van der Waals surface area contributed by atoms with Crippen molar-refractivity contribution in [3.05, 3.63) is 66.7 Å². The van der Waals surface area contributed by atoms with Crippen LogP contribution in [0.15, 0.2) is 66.7 Å². The standard InChI is InChI=1S/C21H19N3O3/c1-26-17-9-7-15(8-10-17)18-11-12-19-20(23-18)24(13-14-27-19)21(25)22-16-5-3-2-4-6-16/h2-12H,13-14H2,1H3,(H,22,25). The molecule has 1 aliphatic heterocycles. The number of carbonyl (C=O) groups is 1. The van der Waals surface area contributed by atoms with Crippen LogP contribution in [0.25, 0.3) is 11.3 Å². The van der Waals surface area contributed by atoms with E-state index < -0.39 is 0 Å². The van der Waals surface area contributed by atoms with E-state index in [1.54, 1.807) is 12.0 Å². The predicted molar refractivity (Wildman–Crippen MR) is 105 cm³/mol. The van der Waals surface area contributed by atoms with Crippen LogP contribution in [0.4, 0.5) is 16.3 Å². The van der Waals surface area contributed by atoms with Crippen LogP contribution in [-0.4, -0.2) is 31.3 Å². The zero-order chi connectivity index (χ0) is 18.6. The molecule has 0 saturated heterocycles. The Kier molecular flexibility index (Phi) is 4.61. The van der Waals surface area contributed by atoms with Crippen molar-refractivity contribution in [3.8, 4) is 22.8 Å². The Morgan fingerprint density at radius 3 is 2.59 bits per heavy atom. The van der Waals surface area contributed by atoms with Gasteiger partial charge in [-0.25, -0.2) is 9.78 Å². The second-order valence-electron chi connectivity index (χ2n) is 6.04. The Hall–Kier alpha value is -3.54. The van der Waals surface area contributed by atoms with Crippen molar-refractivity contribution < 1.29 is 14.3 Å². The molecule has 2 amide bonds. The first-order chi connectivity index (χ1) is 13.2. The molecule has 2 aromatic carbocycles. The molecule has 1 aliphatic rings. The molecule has 0 unspecified atom stereocenters. The number of nitrogens with one attached hydrogen (secondary N) is 1. The average molecular weight is 361 g/mol. The number of rotatable bonds is 3. The number of para-hydroxylation sites is 1. The van der Waals surface area contributed by atoms with E-state index in [4.69, 9.17) is 9.47 Å². The minimum Gasteiger partial charge on any atom is -0.497 e. The van der Waals surface area contributed by atoms with Crippen LogP contribution in [0.1, 0.15) is 0 Å². The van der Waals surface area contributed by atoms with Gasteiger partial charge in [-0.1, -0.05) is 18.2 Å². The summed E-state index contributed by atoms with van der Waals surface area (Å²) in [6.07, 6.45) is 0. The monoisotopic (exact) mass is 361 g/mol. The third-order valence-corrected chi connectivity index (χ3v) is 4.32. The lowest BCUT2D eigenvalue weighted by Gasteiger charge is -2.28. The quantitative estimate of drug-likeness (QED) is 0.760. The molecule has 0 saturated carbocycles. The number of fused-ring (bicyclic) bond motifs is 1. The molecule has 0 bridgehead atoms. The van der Waals surface area contributed by atoms with E-state index in [0.29, 0.717) is 24.7 Å². The summed E-state index contributed by atoms with van der Waals surface area (Å²) in [6, 6.07) is 20.5. The van der Waals surface area contributed by atoms with Crippen molar-refractivity contribution >= 4 is 17.5 Å². The van der Waals surface area contributed by atoms with Crippen molar-refractivity contribution in [2.24, 2.45) is 0 Å². The molecule has 0 fully saturated rings. The maximum atomic E-state index is 12.8. The largest absolute Gasteiger partial charge is 0.497 e. The van der Waals surface area contributed by atoms with Crippen LogP contribution < -0.4 is 19.7 Å². The maximum absolute atomic E-state index is 12.8. The van der Waals surface area contributed by atoms with Gasteiger partial charge >= 0.3 is 6.03 Å². The SMILES string of the molecule is COc1ccc(-c2ccc3c(n2)N(C(=O)Nc2ccccc2)CCO3)cc1. The summed E-state index contributed by atoms with van der Waals surface area (Å²) in [5.41, 5.74) is 2.44. The molecule has 27 heavy (non-hydrogen) atoms. The first kappa shape index (κ1) is 16.9. The summed E-state index contributed by atoms with van der Waals surface area (Å²) in [7, 11) is 1.63. The first-order valence-corrected chi connectivity index (χ1v) is 8.66. The number of amides is 2. The van der Waals surface area contributed by atoms with Gasteiger partial charge in [0, 0.05) is 11.3 Å². The number of hydrogen-bond acceptors (Lipinski definition) is 4. The molecule has 136 valence electrons. The Bertz CT molecular complexity index is 943. The summed E-state index contributed by atoms with van der Waals surface area (Å²) in [5, 5.41) is 2.90. The van der Waals surface area contributed by atoms with Crippen LogP contribution in [0.2, 0.25) is 0 Å². The Labute approximate surface area is 157 Å². The number of benzene rings is 2. The molecule has 0 aliphatic carbocycles. The lowest BCUT2D eigenvalue weighted by Crippen LogP contribution is -2.41. The van der Waals surface area contributed by atoms with Crippen molar-refractivity contribution in [2.75, 3.05) is 30.5 Å². The van der Waals surface area contributed by atoms with Crippen molar-refractivity contribution in [1.82, 2.24) is 4.98 Å². The fraction of sp³-hybridized carbons (Fsp3) is 0.143. The summed E-state index contributed by atoms with van der Waals surface area (Å²) in [6.45, 7) is 0.865. The molecule has 6 heteroatoms. The fourth-order valence-corrected chi connectivity index (χ4v) is 2.93. The molecule has 6 nitrogen and oxygen atoms in total. The Morgan fingerprint density at radius 1 is 1.07 bits per heavy atom. The normalized spacial score (nSPS) is 12.7. The highest BCUT2D eigenvalue weighted by Gasteiger charge is 2.26. The van der Waals surface area contributed by atoms with Gasteiger partial charge in [0.25, 0.3) is 0 Å². The summed E-state index contributed by atoms with van der Waals surface area (Å²) in [5.74, 6) is 1.90. The molecular weight excluding hydrogens is 342 g/mol. The van der Waals surface area contributed by atoms with E-state index in [2.05, 4.69) is 10.3 Å². The second kappa shape index (κ2) is 7.37. The number of hydrogen-bond donors (Lipinski definition) is 1. The molecule has 0 atom stereocenters. The van der Waals surface area contributed by atoms with E-state index in [9.17, 15) is 4.79 Å². The molecule has 0 radical (unpaired) electrons. The number of urea groups is 1. The number of aromatic nitrogens is 1. The highest BCUT2D eigenvalue weighted by atomic mass is 16.5. The van der Waals surface area contributed by atoms with Crippen LogP contribution in [0.5, 0.6) is 11.5 Å². The molecule has 1 aromatic heterocycles. The van der Waals surface area contributed by atoms with Gasteiger partial charge in [-0.3, -0.25) is 4.90 Å². The number of pyridine rings is 1. The van der Waals surface area contributed by atoms with Crippen LogP contribution in [-0.2, 0) is 0 Å². The van der Waals surface area contributed by atoms with Crippen molar-refractivity contribution in [2.45, 2.75) is 0 Å². The van der Waals surface area contributed by atoms with Gasteiger partial charge in [-0.2, -0.15) is 0 Å². The molecular formula is C21H19N3O3. The third kappa shape index (κ3) is 3.55. The van der Waals surface area contributed by atoms with Crippen molar-refractivity contribution in [1.29, 1.82) is 0 Å².